The smallest absolute Gasteiger partial charge is 0.0858 e. The molecule has 0 fully saturated rings. The van der Waals surface area contributed by atoms with Gasteiger partial charge in [-0.1, -0.05) is 24.9 Å². The van der Waals surface area contributed by atoms with Gasteiger partial charge in [0.15, 0.2) is 0 Å². The van der Waals surface area contributed by atoms with Crippen LogP contribution in [0.15, 0.2) is 11.8 Å². The molecule has 0 bridgehead atoms. The van der Waals surface area contributed by atoms with Crippen LogP contribution in [0.1, 0.15) is 48.5 Å². The van der Waals surface area contributed by atoms with Crippen LogP contribution in [-0.4, -0.2) is 30.2 Å². The Kier molecular flexibility index (Phi) is 5.02. The quantitative estimate of drug-likeness (QED) is 0.668. The number of hydrogen-bond acceptors (Lipinski definition) is 1. The van der Waals surface area contributed by atoms with Crippen LogP contribution in [-0.2, 0) is 0 Å². The van der Waals surface area contributed by atoms with Gasteiger partial charge in [0, 0.05) is 11.1 Å². The first kappa shape index (κ1) is 15.9. The second kappa shape index (κ2) is 5.05. The monoisotopic (exact) mass is 241 g/mol. The summed E-state index contributed by atoms with van der Waals surface area (Å²) in [6, 6.07) is 0. The second-order valence-electron chi connectivity index (χ2n) is 7.42. The number of allylic oxidation sites excluding steroid dienone is 1. The van der Waals surface area contributed by atoms with Crippen LogP contribution < -0.4 is 0 Å². The number of rotatable bonds is 3. The molecule has 0 aromatic rings. The van der Waals surface area contributed by atoms with E-state index >= 15 is 0 Å². The van der Waals surface area contributed by atoms with Crippen molar-refractivity contribution in [3.8, 4) is 0 Å². The van der Waals surface area contributed by atoms with Gasteiger partial charge in [-0.3, -0.25) is 4.90 Å². The van der Waals surface area contributed by atoms with Crippen LogP contribution in [0.25, 0.3) is 0 Å². The zero-order chi connectivity index (χ0) is 13.2. The molecule has 0 rings (SSSR count). The Balaban J connectivity index is 4.98. The van der Waals surface area contributed by atoms with Gasteiger partial charge in [-0.25, -0.2) is 0 Å². The molecule has 0 heterocycles. The summed E-state index contributed by atoms with van der Waals surface area (Å²) in [6.45, 7) is 20.9. The maximum Gasteiger partial charge on any atom is 0.0858 e. The predicted octanol–water partition coefficient (Wildman–Crippen LogP) is 4.25. The highest BCUT2D eigenvalue weighted by atomic mass is 28.3. The van der Waals surface area contributed by atoms with Gasteiger partial charge in [-0.2, -0.15) is 0 Å². The Labute approximate surface area is 104 Å². The van der Waals surface area contributed by atoms with Crippen molar-refractivity contribution >= 4 is 8.07 Å². The van der Waals surface area contributed by atoms with E-state index in [0.29, 0.717) is 0 Å². The lowest BCUT2D eigenvalue weighted by Gasteiger charge is -2.48. The van der Waals surface area contributed by atoms with E-state index in [-0.39, 0.29) is 11.1 Å². The number of hydrogen-bond donors (Lipinski definition) is 0. The molecule has 0 aliphatic heterocycles. The summed E-state index contributed by atoms with van der Waals surface area (Å²) < 4.78 is 0. The van der Waals surface area contributed by atoms with Crippen LogP contribution in [0.2, 0.25) is 13.1 Å². The summed E-state index contributed by atoms with van der Waals surface area (Å²) in [5.74, 6) is 0. The summed E-state index contributed by atoms with van der Waals surface area (Å²) in [4.78, 5) is 2.65. The molecule has 0 unspecified atom stereocenters. The largest absolute Gasteiger partial charge is 0.296 e. The van der Waals surface area contributed by atoms with Gasteiger partial charge in [0.05, 0.1) is 8.07 Å². The second-order valence-corrected chi connectivity index (χ2v) is 12.0. The minimum atomic E-state index is -1.24. The molecule has 0 spiro atoms. The van der Waals surface area contributed by atoms with Crippen LogP contribution >= 0.6 is 0 Å². The fourth-order valence-electron chi connectivity index (χ4n) is 2.39. The van der Waals surface area contributed by atoms with Gasteiger partial charge in [0.1, 0.15) is 0 Å². The van der Waals surface area contributed by atoms with Gasteiger partial charge in [-0.05, 0) is 54.6 Å². The van der Waals surface area contributed by atoms with Crippen molar-refractivity contribution in [1.82, 2.24) is 4.90 Å². The first-order valence-corrected chi connectivity index (χ1v) is 9.60. The molecular formula is C14H31NSi. The molecule has 0 aliphatic rings. The summed E-state index contributed by atoms with van der Waals surface area (Å²) in [5, 5.41) is 0. The Morgan fingerprint density at radius 3 is 1.56 bits per heavy atom. The van der Waals surface area contributed by atoms with Gasteiger partial charge in [-0.15, -0.1) is 0 Å². The predicted molar refractivity (Wildman–Crippen MR) is 78.5 cm³/mol. The van der Waals surface area contributed by atoms with Crippen molar-refractivity contribution in [3.63, 3.8) is 0 Å². The van der Waals surface area contributed by atoms with Crippen molar-refractivity contribution in [2.45, 2.75) is 72.6 Å². The highest BCUT2D eigenvalue weighted by Gasteiger charge is 2.35. The fourth-order valence-corrected chi connectivity index (χ4v) is 5.16. The molecule has 0 aliphatic carbocycles. The minimum Gasteiger partial charge on any atom is -0.296 e. The molecule has 0 aromatic carbocycles. The van der Waals surface area contributed by atoms with Crippen molar-refractivity contribution in [3.05, 3.63) is 11.8 Å². The van der Waals surface area contributed by atoms with E-state index in [2.05, 4.69) is 78.2 Å². The van der Waals surface area contributed by atoms with Gasteiger partial charge < -0.3 is 0 Å². The summed E-state index contributed by atoms with van der Waals surface area (Å²) in [7, 11) is -1.24. The standard InChI is InChI=1S/C14H31NSi/c1-10-11-16(8,9)12-15(13(2,3)4)14(5,6)7/h10-11H,12H2,1-9H3. The van der Waals surface area contributed by atoms with E-state index in [4.69, 9.17) is 0 Å². The Hall–Kier alpha value is -0.0831. The molecule has 16 heavy (non-hydrogen) atoms. The Morgan fingerprint density at radius 2 is 1.31 bits per heavy atom. The lowest BCUT2D eigenvalue weighted by Crippen LogP contribution is -2.58. The third-order valence-electron chi connectivity index (χ3n) is 2.80. The highest BCUT2D eigenvalue weighted by molar-refractivity contribution is 6.82. The van der Waals surface area contributed by atoms with Crippen molar-refractivity contribution in [2.24, 2.45) is 0 Å². The maximum atomic E-state index is 2.65. The van der Waals surface area contributed by atoms with E-state index < -0.39 is 8.07 Å². The van der Waals surface area contributed by atoms with E-state index in [0.717, 1.165) is 0 Å². The summed E-state index contributed by atoms with van der Waals surface area (Å²) in [5.41, 5.74) is 2.92. The Bertz CT molecular complexity index is 226. The molecule has 0 saturated heterocycles. The van der Waals surface area contributed by atoms with E-state index in [1.807, 2.05) is 0 Å². The zero-order valence-electron chi connectivity index (χ0n) is 12.8. The van der Waals surface area contributed by atoms with Crippen LogP contribution in [0, 0.1) is 0 Å². The van der Waals surface area contributed by atoms with E-state index in [1.54, 1.807) is 0 Å². The van der Waals surface area contributed by atoms with Gasteiger partial charge >= 0.3 is 0 Å². The van der Waals surface area contributed by atoms with Crippen molar-refractivity contribution < 1.29 is 0 Å². The highest BCUT2D eigenvalue weighted by Crippen LogP contribution is 2.26. The van der Waals surface area contributed by atoms with Crippen molar-refractivity contribution in [2.75, 3.05) is 6.17 Å². The average Bonchev–Trinajstić information content (AvgIpc) is 1.96. The molecular weight excluding hydrogens is 210 g/mol. The van der Waals surface area contributed by atoms with E-state index in [9.17, 15) is 0 Å². The Morgan fingerprint density at radius 1 is 0.938 bits per heavy atom. The van der Waals surface area contributed by atoms with Crippen LogP contribution in [0.5, 0.6) is 0 Å². The summed E-state index contributed by atoms with van der Waals surface area (Å²) >= 11 is 0. The fraction of sp³-hybridized carbons (Fsp3) is 0.857. The zero-order valence-corrected chi connectivity index (χ0v) is 13.8. The molecule has 0 radical (unpaired) electrons. The molecule has 0 atom stereocenters. The van der Waals surface area contributed by atoms with Gasteiger partial charge in [0.25, 0.3) is 0 Å². The van der Waals surface area contributed by atoms with Crippen LogP contribution in [0.3, 0.4) is 0 Å². The molecule has 0 N–H and O–H groups in total. The normalized spacial score (nSPS) is 15.1. The van der Waals surface area contributed by atoms with Gasteiger partial charge in [0.2, 0.25) is 0 Å². The molecule has 2 heteroatoms. The van der Waals surface area contributed by atoms with Crippen molar-refractivity contribution in [1.29, 1.82) is 0 Å². The number of nitrogens with zero attached hydrogens (tertiary/aromatic N) is 1. The third kappa shape index (κ3) is 5.31. The molecule has 96 valence electrons. The minimum absolute atomic E-state index is 0.240. The molecule has 1 nitrogen and oxygen atoms in total. The molecule has 0 aromatic heterocycles. The SMILES string of the molecule is CC=C[Si](C)(C)CN(C(C)(C)C)C(C)(C)C. The first-order chi connectivity index (χ1) is 6.90. The first-order valence-electron chi connectivity index (χ1n) is 6.32. The molecule has 0 amide bonds. The third-order valence-corrected chi connectivity index (χ3v) is 5.17. The topological polar surface area (TPSA) is 3.24 Å². The van der Waals surface area contributed by atoms with E-state index in [1.165, 1.54) is 6.17 Å². The summed E-state index contributed by atoms with van der Waals surface area (Å²) in [6.07, 6.45) is 3.44. The maximum absolute atomic E-state index is 2.65. The lowest BCUT2D eigenvalue weighted by atomic mass is 9.97. The average molecular weight is 241 g/mol. The lowest BCUT2D eigenvalue weighted by molar-refractivity contribution is 0.0575. The van der Waals surface area contributed by atoms with Crippen LogP contribution in [0.4, 0.5) is 0 Å². The molecule has 0 saturated carbocycles.